The van der Waals surface area contributed by atoms with Crippen LogP contribution in [0, 0.1) is 0 Å². The second-order valence-corrected chi connectivity index (χ2v) is 4.48. The molecule has 4 atom stereocenters. The Hall–Kier alpha value is 0.210. The molecule has 1 amide bonds. The molecule has 0 spiro atoms. The molecule has 0 aromatic carbocycles. The third kappa shape index (κ3) is 1.92. The second-order valence-electron chi connectivity index (χ2n) is 3.33. The van der Waals surface area contributed by atoms with E-state index in [1.165, 1.54) is 11.8 Å². The summed E-state index contributed by atoms with van der Waals surface area (Å²) in [6.07, 6.45) is -1.07. The number of amides is 1. The second kappa shape index (κ2) is 4.60. The van der Waals surface area contributed by atoms with Crippen molar-refractivity contribution in [2.45, 2.75) is 23.6 Å². The Balaban J connectivity index is 0.00000112. The van der Waals surface area contributed by atoms with Crippen LogP contribution in [0.1, 0.15) is 0 Å². The number of carboxylic acids is 1. The smallest absolute Gasteiger partial charge is 0.548 e. The monoisotopic (exact) mass is 240 g/mol. The molecule has 2 fully saturated rings. The van der Waals surface area contributed by atoms with Crippen LogP contribution in [0.15, 0.2) is 0 Å². The van der Waals surface area contributed by atoms with Gasteiger partial charge in [0, 0.05) is 5.75 Å². The summed E-state index contributed by atoms with van der Waals surface area (Å²) in [5, 5.41) is 19.8. The van der Waals surface area contributed by atoms with Gasteiger partial charge in [-0.2, -0.15) is 0 Å². The first kappa shape index (κ1) is 13.3. The topological polar surface area (TPSA) is 107 Å². The molecular formula is C7H9N2NaO4S. The van der Waals surface area contributed by atoms with Crippen molar-refractivity contribution in [1.29, 1.82) is 0 Å². The van der Waals surface area contributed by atoms with Crippen molar-refractivity contribution in [2.24, 2.45) is 5.73 Å². The van der Waals surface area contributed by atoms with Crippen LogP contribution >= 0.6 is 11.8 Å². The molecule has 3 N–H and O–H groups in total. The van der Waals surface area contributed by atoms with E-state index in [0.29, 0.717) is 0 Å². The number of aliphatic hydroxyl groups is 1. The molecule has 2 heterocycles. The van der Waals surface area contributed by atoms with E-state index >= 15 is 0 Å². The summed E-state index contributed by atoms with van der Waals surface area (Å²) in [4.78, 5) is 23.0. The van der Waals surface area contributed by atoms with Gasteiger partial charge in [0.05, 0.1) is 18.1 Å². The molecule has 6 nitrogen and oxygen atoms in total. The summed E-state index contributed by atoms with van der Waals surface area (Å²) in [5.41, 5.74) is 5.48. The molecule has 2 aliphatic heterocycles. The fourth-order valence-corrected chi connectivity index (χ4v) is 3.03. The Bertz CT molecular complexity index is 303. The Kier molecular flexibility index (Phi) is 4.07. The minimum atomic E-state index is -1.43. The number of fused-ring (bicyclic) bond motifs is 1. The maximum Gasteiger partial charge on any atom is 1.00 e. The first-order valence-electron chi connectivity index (χ1n) is 4.12. The van der Waals surface area contributed by atoms with E-state index in [2.05, 4.69) is 0 Å². The molecule has 0 saturated carbocycles. The van der Waals surface area contributed by atoms with Gasteiger partial charge in [-0.1, -0.05) is 0 Å². The number of β-lactam (4-membered cyclic amide) rings is 1. The molecule has 0 bridgehead atoms. The van der Waals surface area contributed by atoms with E-state index in [-0.39, 0.29) is 40.7 Å². The number of nitrogens with two attached hydrogens (primary N) is 1. The Morgan fingerprint density at radius 3 is 2.80 bits per heavy atom. The summed E-state index contributed by atoms with van der Waals surface area (Å²) in [5.74, 6) is -1.60. The van der Waals surface area contributed by atoms with Crippen LogP contribution in [0.5, 0.6) is 0 Å². The first-order valence-corrected chi connectivity index (χ1v) is 5.17. The van der Waals surface area contributed by atoms with Crippen molar-refractivity contribution < 1.29 is 49.4 Å². The largest absolute Gasteiger partial charge is 1.00 e. The standard InChI is InChI=1S/C7H10N2O4S.Na/c8-3-5(11)9-4(7(12)13)2(10)1-14-6(3)9;/h2-4,6,10H,1,8H2,(H,12,13);/q;+1/p-1/t2?,3?,4?,6-;/m0./s1. The number of thioether (sulfide) groups is 1. The van der Waals surface area contributed by atoms with Gasteiger partial charge in [-0.05, 0) is 0 Å². The van der Waals surface area contributed by atoms with Crippen molar-refractivity contribution in [3.8, 4) is 0 Å². The number of carbonyl (C=O) groups is 2. The molecule has 2 saturated heterocycles. The number of rotatable bonds is 1. The zero-order valence-electron chi connectivity index (χ0n) is 8.12. The maximum atomic E-state index is 11.2. The molecule has 2 aliphatic rings. The van der Waals surface area contributed by atoms with Gasteiger partial charge in [0.1, 0.15) is 11.4 Å². The van der Waals surface area contributed by atoms with Gasteiger partial charge in [0.15, 0.2) is 0 Å². The number of carboxylic acid groups (broad SMARTS) is 1. The zero-order chi connectivity index (χ0) is 10.5. The minimum Gasteiger partial charge on any atom is -0.548 e. The summed E-state index contributed by atoms with van der Waals surface area (Å²) >= 11 is 1.29. The number of aliphatic carboxylic acids is 1. The van der Waals surface area contributed by atoms with Crippen molar-refractivity contribution >= 4 is 23.6 Å². The van der Waals surface area contributed by atoms with Gasteiger partial charge in [-0.25, -0.2) is 0 Å². The average molecular weight is 240 g/mol. The molecule has 0 aromatic heterocycles. The normalized spacial score (nSPS) is 38.8. The number of hydrogen-bond donors (Lipinski definition) is 2. The van der Waals surface area contributed by atoms with Crippen molar-refractivity contribution in [2.75, 3.05) is 5.75 Å². The predicted molar refractivity (Wildman–Crippen MR) is 45.9 cm³/mol. The Labute approximate surface area is 112 Å². The summed E-state index contributed by atoms with van der Waals surface area (Å²) in [6.45, 7) is 0. The molecule has 2 rings (SSSR count). The maximum absolute atomic E-state index is 11.2. The van der Waals surface area contributed by atoms with Gasteiger partial charge in [-0.3, -0.25) is 4.79 Å². The van der Waals surface area contributed by atoms with Gasteiger partial charge in [-0.15, -0.1) is 11.8 Å². The van der Waals surface area contributed by atoms with Crippen molar-refractivity contribution in [3.05, 3.63) is 0 Å². The SMILES string of the molecule is NC1C(=O)N2C(C(=O)[O-])C(O)CS[C@@H]12.[Na+]. The van der Waals surface area contributed by atoms with Crippen LogP contribution in [-0.4, -0.2) is 51.2 Å². The van der Waals surface area contributed by atoms with Crippen LogP contribution in [0.4, 0.5) is 0 Å². The Morgan fingerprint density at radius 2 is 2.27 bits per heavy atom. The summed E-state index contributed by atoms with van der Waals surface area (Å²) in [7, 11) is 0. The quantitative estimate of drug-likeness (QED) is 0.349. The predicted octanol–water partition coefficient (Wildman–Crippen LogP) is -6.29. The van der Waals surface area contributed by atoms with Gasteiger partial charge < -0.3 is 25.6 Å². The van der Waals surface area contributed by atoms with E-state index < -0.39 is 30.1 Å². The van der Waals surface area contributed by atoms with Gasteiger partial charge >= 0.3 is 29.6 Å². The van der Waals surface area contributed by atoms with Crippen LogP contribution in [0.2, 0.25) is 0 Å². The van der Waals surface area contributed by atoms with Crippen LogP contribution in [-0.2, 0) is 9.59 Å². The van der Waals surface area contributed by atoms with E-state index in [0.717, 1.165) is 4.90 Å². The fourth-order valence-electron chi connectivity index (χ4n) is 1.73. The molecule has 15 heavy (non-hydrogen) atoms. The van der Waals surface area contributed by atoms with Crippen LogP contribution in [0.25, 0.3) is 0 Å². The van der Waals surface area contributed by atoms with E-state index in [1.807, 2.05) is 0 Å². The third-order valence-electron chi connectivity index (χ3n) is 2.46. The molecule has 3 unspecified atom stereocenters. The number of carbonyl (C=O) groups excluding carboxylic acids is 2. The Morgan fingerprint density at radius 1 is 1.67 bits per heavy atom. The molecule has 8 heteroatoms. The molecule has 0 aliphatic carbocycles. The molecule has 78 valence electrons. The number of nitrogens with zero attached hydrogens (tertiary/aromatic N) is 1. The van der Waals surface area contributed by atoms with Crippen molar-refractivity contribution in [3.63, 3.8) is 0 Å². The van der Waals surface area contributed by atoms with Crippen molar-refractivity contribution in [1.82, 2.24) is 4.90 Å². The number of hydrogen-bond acceptors (Lipinski definition) is 6. The third-order valence-corrected chi connectivity index (χ3v) is 3.86. The van der Waals surface area contributed by atoms with Gasteiger partial charge in [0.25, 0.3) is 0 Å². The zero-order valence-corrected chi connectivity index (χ0v) is 10.9. The fraction of sp³-hybridized carbons (Fsp3) is 0.714. The van der Waals surface area contributed by atoms with Gasteiger partial charge in [0.2, 0.25) is 5.91 Å². The summed E-state index contributed by atoms with van der Waals surface area (Å²) in [6, 6.07) is -1.89. The molecular weight excluding hydrogens is 231 g/mol. The van der Waals surface area contributed by atoms with Crippen LogP contribution in [0.3, 0.4) is 0 Å². The average Bonchev–Trinajstić information content (AvgIpc) is 2.15. The minimum absolute atomic E-state index is 0. The molecule has 0 aromatic rings. The molecule has 0 radical (unpaired) electrons. The van der Waals surface area contributed by atoms with Crippen LogP contribution < -0.4 is 40.4 Å². The van der Waals surface area contributed by atoms with E-state index in [4.69, 9.17) is 5.73 Å². The van der Waals surface area contributed by atoms with E-state index in [9.17, 15) is 19.8 Å². The first-order chi connectivity index (χ1) is 6.54. The summed E-state index contributed by atoms with van der Waals surface area (Å²) < 4.78 is 0. The van der Waals surface area contributed by atoms with E-state index in [1.54, 1.807) is 0 Å². The number of aliphatic hydroxyl groups excluding tert-OH is 1.